The number of carbonyl (C=O) groups excluding carboxylic acids is 1. The van der Waals surface area contributed by atoms with Crippen molar-refractivity contribution >= 4 is 11.7 Å². The predicted octanol–water partition coefficient (Wildman–Crippen LogP) is 3.19. The maximum atomic E-state index is 12.8. The van der Waals surface area contributed by atoms with Crippen molar-refractivity contribution in [2.24, 2.45) is 0 Å². The van der Waals surface area contributed by atoms with Crippen molar-refractivity contribution in [2.45, 2.75) is 32.8 Å². The summed E-state index contributed by atoms with van der Waals surface area (Å²) < 4.78 is 16.7. The molecule has 8 heteroatoms. The van der Waals surface area contributed by atoms with Crippen molar-refractivity contribution in [3.63, 3.8) is 0 Å². The first-order valence-electron chi connectivity index (χ1n) is 9.26. The SMILES string of the molecule is COc1cccc(NC(=O)N2CCCC(Oc3cc(C)nc(C)n3)C2)c1OC. The molecule has 28 heavy (non-hydrogen) atoms. The summed E-state index contributed by atoms with van der Waals surface area (Å²) in [5.41, 5.74) is 1.43. The molecule has 2 aromatic rings. The van der Waals surface area contributed by atoms with Crippen molar-refractivity contribution in [3.05, 3.63) is 35.8 Å². The molecule has 150 valence electrons. The number of amides is 2. The van der Waals surface area contributed by atoms with E-state index in [2.05, 4.69) is 15.3 Å². The van der Waals surface area contributed by atoms with Gasteiger partial charge in [-0.2, -0.15) is 4.98 Å². The van der Waals surface area contributed by atoms with E-state index in [0.29, 0.717) is 42.0 Å². The minimum atomic E-state index is -0.199. The van der Waals surface area contributed by atoms with E-state index in [0.717, 1.165) is 18.5 Å². The highest BCUT2D eigenvalue weighted by atomic mass is 16.5. The van der Waals surface area contributed by atoms with E-state index in [1.165, 1.54) is 0 Å². The Labute approximate surface area is 164 Å². The first-order chi connectivity index (χ1) is 13.5. The first-order valence-corrected chi connectivity index (χ1v) is 9.26. The normalized spacial score (nSPS) is 16.4. The number of anilines is 1. The van der Waals surface area contributed by atoms with Crippen molar-refractivity contribution in [2.75, 3.05) is 32.6 Å². The minimum Gasteiger partial charge on any atom is -0.493 e. The van der Waals surface area contributed by atoms with Crippen LogP contribution in [0.25, 0.3) is 0 Å². The Morgan fingerprint density at radius 3 is 2.75 bits per heavy atom. The molecule has 2 amide bonds. The van der Waals surface area contributed by atoms with Gasteiger partial charge in [-0.15, -0.1) is 0 Å². The summed E-state index contributed by atoms with van der Waals surface area (Å²) in [6, 6.07) is 6.98. The van der Waals surface area contributed by atoms with Crippen LogP contribution < -0.4 is 19.5 Å². The molecule has 8 nitrogen and oxygen atoms in total. The molecule has 1 aliphatic rings. The monoisotopic (exact) mass is 386 g/mol. The highest BCUT2D eigenvalue weighted by molar-refractivity contribution is 5.91. The Morgan fingerprint density at radius 1 is 1.21 bits per heavy atom. The molecule has 0 saturated carbocycles. The molecule has 0 bridgehead atoms. The first kappa shape index (κ1) is 19.7. The van der Waals surface area contributed by atoms with Crippen LogP contribution in [0.3, 0.4) is 0 Å². The van der Waals surface area contributed by atoms with Gasteiger partial charge in [-0.05, 0) is 38.8 Å². The molecule has 1 atom stereocenters. The third kappa shape index (κ3) is 4.62. The molecular weight excluding hydrogens is 360 g/mol. The van der Waals surface area contributed by atoms with E-state index in [1.54, 1.807) is 37.3 Å². The van der Waals surface area contributed by atoms with Crippen molar-refractivity contribution in [1.29, 1.82) is 0 Å². The van der Waals surface area contributed by atoms with Crippen LogP contribution in [0, 0.1) is 13.8 Å². The zero-order valence-electron chi connectivity index (χ0n) is 16.7. The number of methoxy groups -OCH3 is 2. The van der Waals surface area contributed by atoms with Crippen molar-refractivity contribution < 1.29 is 19.0 Å². The lowest BCUT2D eigenvalue weighted by molar-refractivity contribution is 0.102. The van der Waals surface area contributed by atoms with Gasteiger partial charge in [-0.3, -0.25) is 0 Å². The summed E-state index contributed by atoms with van der Waals surface area (Å²) >= 11 is 0. The van der Waals surface area contributed by atoms with Crippen LogP contribution in [-0.2, 0) is 0 Å². The van der Waals surface area contributed by atoms with Crippen LogP contribution in [-0.4, -0.2) is 54.3 Å². The number of aryl methyl sites for hydroxylation is 2. The molecular formula is C20H26N4O4. The van der Waals surface area contributed by atoms with E-state index < -0.39 is 0 Å². The van der Waals surface area contributed by atoms with Gasteiger partial charge in [0.15, 0.2) is 11.5 Å². The number of piperidine rings is 1. The van der Waals surface area contributed by atoms with Gasteiger partial charge in [0.05, 0.1) is 26.5 Å². The van der Waals surface area contributed by atoms with Gasteiger partial charge in [0.25, 0.3) is 0 Å². The lowest BCUT2D eigenvalue weighted by Gasteiger charge is -2.32. The molecule has 1 saturated heterocycles. The predicted molar refractivity (Wildman–Crippen MR) is 105 cm³/mol. The quantitative estimate of drug-likeness (QED) is 0.849. The van der Waals surface area contributed by atoms with Gasteiger partial charge in [0.2, 0.25) is 5.88 Å². The molecule has 1 fully saturated rings. The Hall–Kier alpha value is -3.03. The average Bonchev–Trinajstić information content (AvgIpc) is 2.67. The number of hydrogen-bond acceptors (Lipinski definition) is 6. The van der Waals surface area contributed by atoms with Crippen LogP contribution >= 0.6 is 0 Å². The Bertz CT molecular complexity index is 823. The van der Waals surface area contributed by atoms with E-state index in [4.69, 9.17) is 14.2 Å². The summed E-state index contributed by atoms with van der Waals surface area (Å²) in [5, 5.41) is 2.91. The Balaban J connectivity index is 1.66. The fourth-order valence-corrected chi connectivity index (χ4v) is 3.31. The molecule has 2 heterocycles. The standard InChI is InChI=1S/C20H26N4O4/c1-13-11-18(22-14(2)21-13)28-15-7-6-10-24(12-15)20(25)23-16-8-5-9-17(26-3)19(16)27-4/h5,8-9,11,15H,6-7,10,12H2,1-4H3,(H,23,25). The van der Waals surface area contributed by atoms with Crippen molar-refractivity contribution in [3.8, 4) is 17.4 Å². The number of nitrogens with one attached hydrogen (secondary N) is 1. The van der Waals surface area contributed by atoms with Gasteiger partial charge >= 0.3 is 6.03 Å². The van der Waals surface area contributed by atoms with Crippen LogP contribution in [0.15, 0.2) is 24.3 Å². The number of para-hydroxylation sites is 1. The molecule has 1 N–H and O–H groups in total. The molecule has 0 aliphatic carbocycles. The number of carbonyl (C=O) groups is 1. The second-order valence-electron chi connectivity index (χ2n) is 6.69. The largest absolute Gasteiger partial charge is 0.493 e. The molecule has 1 aromatic heterocycles. The van der Waals surface area contributed by atoms with E-state index in [9.17, 15) is 4.79 Å². The number of hydrogen-bond donors (Lipinski definition) is 1. The second kappa shape index (κ2) is 8.77. The molecule has 1 aliphatic heterocycles. The zero-order chi connectivity index (χ0) is 20.1. The number of rotatable bonds is 5. The van der Waals surface area contributed by atoms with E-state index >= 15 is 0 Å². The van der Waals surface area contributed by atoms with Gasteiger partial charge in [-0.1, -0.05) is 6.07 Å². The van der Waals surface area contributed by atoms with E-state index in [1.807, 2.05) is 19.9 Å². The minimum absolute atomic E-state index is 0.111. The third-order valence-corrected chi connectivity index (χ3v) is 4.54. The maximum Gasteiger partial charge on any atom is 0.322 e. The summed E-state index contributed by atoms with van der Waals surface area (Å²) in [7, 11) is 3.11. The number of benzene rings is 1. The molecule has 0 spiro atoms. The smallest absolute Gasteiger partial charge is 0.322 e. The average molecular weight is 386 g/mol. The van der Waals surface area contributed by atoms with Gasteiger partial charge in [0.1, 0.15) is 11.9 Å². The van der Waals surface area contributed by atoms with Crippen LogP contribution in [0.4, 0.5) is 10.5 Å². The van der Waals surface area contributed by atoms with Crippen LogP contribution in [0.1, 0.15) is 24.4 Å². The Morgan fingerprint density at radius 2 is 2.04 bits per heavy atom. The van der Waals surface area contributed by atoms with Crippen molar-refractivity contribution in [1.82, 2.24) is 14.9 Å². The number of aromatic nitrogens is 2. The summed E-state index contributed by atoms with van der Waals surface area (Å²) in [6.45, 7) is 4.89. The number of likely N-dealkylation sites (tertiary alicyclic amines) is 1. The highest BCUT2D eigenvalue weighted by Crippen LogP contribution is 2.35. The van der Waals surface area contributed by atoms with Gasteiger partial charge in [0, 0.05) is 18.3 Å². The second-order valence-corrected chi connectivity index (χ2v) is 6.69. The molecule has 3 rings (SSSR count). The fraction of sp³-hybridized carbons (Fsp3) is 0.450. The molecule has 0 radical (unpaired) electrons. The number of ether oxygens (including phenoxy) is 3. The summed E-state index contributed by atoms with van der Waals surface area (Å²) in [4.78, 5) is 23.1. The van der Waals surface area contributed by atoms with Crippen LogP contribution in [0.2, 0.25) is 0 Å². The van der Waals surface area contributed by atoms with Crippen LogP contribution in [0.5, 0.6) is 17.4 Å². The lowest BCUT2D eigenvalue weighted by atomic mass is 10.1. The number of nitrogens with zero attached hydrogens (tertiary/aromatic N) is 3. The lowest BCUT2D eigenvalue weighted by Crippen LogP contribution is -2.46. The number of urea groups is 1. The fourth-order valence-electron chi connectivity index (χ4n) is 3.31. The third-order valence-electron chi connectivity index (χ3n) is 4.54. The highest BCUT2D eigenvalue weighted by Gasteiger charge is 2.26. The molecule has 1 unspecified atom stereocenters. The van der Waals surface area contributed by atoms with E-state index in [-0.39, 0.29) is 12.1 Å². The summed E-state index contributed by atoms with van der Waals surface area (Å²) in [5.74, 6) is 2.28. The topological polar surface area (TPSA) is 85.8 Å². The molecule has 1 aromatic carbocycles. The summed E-state index contributed by atoms with van der Waals surface area (Å²) in [6.07, 6.45) is 1.62. The van der Waals surface area contributed by atoms with Gasteiger partial charge in [-0.25, -0.2) is 9.78 Å². The Kier molecular flexibility index (Phi) is 6.18. The zero-order valence-corrected chi connectivity index (χ0v) is 16.7. The van der Waals surface area contributed by atoms with Gasteiger partial charge < -0.3 is 24.4 Å². The maximum absolute atomic E-state index is 12.8.